The number of sulfonamides is 1. The van der Waals surface area contributed by atoms with Crippen LogP contribution in [0.3, 0.4) is 0 Å². The fourth-order valence-electron chi connectivity index (χ4n) is 1.81. The maximum Gasteiger partial charge on any atom is 0.270 e. The van der Waals surface area contributed by atoms with Crippen LogP contribution in [-0.4, -0.2) is 33.1 Å². The van der Waals surface area contributed by atoms with E-state index in [1.165, 1.54) is 19.2 Å². The van der Waals surface area contributed by atoms with Crippen LogP contribution in [0.1, 0.15) is 19.4 Å². The summed E-state index contributed by atoms with van der Waals surface area (Å²) in [5.74, 6) is 0. The SMILES string of the molecule is CCc1ccc([N+](=O)[O-])cc1S(=O)(=O)NC(C)COC. The van der Waals surface area contributed by atoms with Crippen LogP contribution in [0.15, 0.2) is 23.1 Å². The fourth-order valence-corrected chi connectivity index (χ4v) is 3.37. The summed E-state index contributed by atoms with van der Waals surface area (Å²) in [5, 5.41) is 10.8. The van der Waals surface area contributed by atoms with Crippen molar-refractivity contribution in [1.82, 2.24) is 4.72 Å². The summed E-state index contributed by atoms with van der Waals surface area (Å²) < 4.78 is 31.9. The van der Waals surface area contributed by atoms with E-state index in [-0.39, 0.29) is 17.2 Å². The molecular weight excluding hydrogens is 284 g/mol. The lowest BCUT2D eigenvalue weighted by atomic mass is 10.1. The third kappa shape index (κ3) is 3.99. The summed E-state index contributed by atoms with van der Waals surface area (Å²) in [7, 11) is -2.35. The second-order valence-electron chi connectivity index (χ2n) is 4.38. The third-order valence-electron chi connectivity index (χ3n) is 2.70. The van der Waals surface area contributed by atoms with Gasteiger partial charge >= 0.3 is 0 Å². The van der Waals surface area contributed by atoms with Crippen molar-refractivity contribution in [3.05, 3.63) is 33.9 Å². The molecule has 0 aliphatic rings. The summed E-state index contributed by atoms with van der Waals surface area (Å²) in [4.78, 5) is 10.1. The standard InChI is InChI=1S/C12H18N2O5S/c1-4-10-5-6-11(14(15)16)7-12(10)20(17,18)13-9(2)8-19-3/h5-7,9,13H,4,8H2,1-3H3. The van der Waals surface area contributed by atoms with Crippen molar-refractivity contribution in [2.45, 2.75) is 31.2 Å². The van der Waals surface area contributed by atoms with Crippen LogP contribution in [0.25, 0.3) is 0 Å². The molecule has 1 atom stereocenters. The van der Waals surface area contributed by atoms with E-state index in [1.807, 2.05) is 0 Å². The van der Waals surface area contributed by atoms with Crippen LogP contribution < -0.4 is 4.72 Å². The van der Waals surface area contributed by atoms with Gasteiger partial charge in [-0.1, -0.05) is 13.0 Å². The van der Waals surface area contributed by atoms with Gasteiger partial charge in [-0.2, -0.15) is 0 Å². The molecule has 0 bridgehead atoms. The molecule has 20 heavy (non-hydrogen) atoms. The van der Waals surface area contributed by atoms with Crippen LogP contribution in [0.4, 0.5) is 5.69 Å². The number of aryl methyl sites for hydroxylation is 1. The lowest BCUT2D eigenvalue weighted by Gasteiger charge is -2.15. The Morgan fingerprint density at radius 3 is 2.60 bits per heavy atom. The Balaban J connectivity index is 3.21. The number of methoxy groups -OCH3 is 1. The van der Waals surface area contributed by atoms with Gasteiger partial charge in [0.2, 0.25) is 10.0 Å². The Kier molecular flexibility index (Phi) is 5.61. The molecule has 0 aromatic heterocycles. The van der Waals surface area contributed by atoms with Gasteiger partial charge in [-0.05, 0) is 18.9 Å². The zero-order chi connectivity index (χ0) is 15.3. The van der Waals surface area contributed by atoms with Gasteiger partial charge in [-0.15, -0.1) is 0 Å². The Labute approximate surface area is 118 Å². The Hall–Kier alpha value is -1.51. The molecule has 0 radical (unpaired) electrons. The van der Waals surface area contributed by atoms with E-state index in [9.17, 15) is 18.5 Å². The summed E-state index contributed by atoms with van der Waals surface area (Å²) in [6, 6.07) is 3.43. The largest absolute Gasteiger partial charge is 0.383 e. The highest BCUT2D eigenvalue weighted by Gasteiger charge is 2.23. The second-order valence-corrected chi connectivity index (χ2v) is 6.06. The molecule has 112 valence electrons. The number of rotatable bonds is 7. The number of nitro groups is 1. The van der Waals surface area contributed by atoms with Crippen LogP contribution in [0.5, 0.6) is 0 Å². The van der Waals surface area contributed by atoms with Crippen molar-refractivity contribution in [3.63, 3.8) is 0 Å². The molecule has 0 aliphatic carbocycles. The summed E-state index contributed by atoms with van der Waals surface area (Å²) in [6.07, 6.45) is 0.465. The van der Waals surface area contributed by atoms with Crippen molar-refractivity contribution in [1.29, 1.82) is 0 Å². The first-order valence-electron chi connectivity index (χ1n) is 6.10. The quantitative estimate of drug-likeness (QED) is 0.607. The molecule has 0 heterocycles. The van der Waals surface area contributed by atoms with Gasteiger partial charge in [0.05, 0.1) is 16.4 Å². The topological polar surface area (TPSA) is 98.5 Å². The highest BCUT2D eigenvalue weighted by Crippen LogP contribution is 2.23. The van der Waals surface area contributed by atoms with Gasteiger partial charge in [-0.25, -0.2) is 13.1 Å². The molecule has 7 nitrogen and oxygen atoms in total. The molecule has 0 spiro atoms. The average Bonchev–Trinajstić information content (AvgIpc) is 2.37. The van der Waals surface area contributed by atoms with Gasteiger partial charge in [0.1, 0.15) is 0 Å². The molecule has 0 saturated carbocycles. The molecule has 1 unspecified atom stereocenters. The minimum Gasteiger partial charge on any atom is -0.383 e. The zero-order valence-corrected chi connectivity index (χ0v) is 12.4. The minimum absolute atomic E-state index is 0.0582. The maximum atomic E-state index is 12.3. The average molecular weight is 302 g/mol. The highest BCUT2D eigenvalue weighted by molar-refractivity contribution is 7.89. The third-order valence-corrected chi connectivity index (χ3v) is 4.38. The Morgan fingerprint density at radius 1 is 1.45 bits per heavy atom. The molecule has 1 N–H and O–H groups in total. The first kappa shape index (κ1) is 16.5. The first-order valence-corrected chi connectivity index (χ1v) is 7.58. The predicted molar refractivity (Wildman–Crippen MR) is 74.1 cm³/mol. The van der Waals surface area contributed by atoms with Gasteiger partial charge < -0.3 is 4.74 Å². The second kappa shape index (κ2) is 6.78. The number of hydrogen-bond acceptors (Lipinski definition) is 5. The molecule has 0 aliphatic heterocycles. The molecule has 0 amide bonds. The van der Waals surface area contributed by atoms with Crippen molar-refractivity contribution in [2.75, 3.05) is 13.7 Å². The van der Waals surface area contributed by atoms with Crippen LogP contribution in [0, 0.1) is 10.1 Å². The number of nitro benzene ring substituents is 1. The van der Waals surface area contributed by atoms with Crippen molar-refractivity contribution < 1.29 is 18.1 Å². The van der Waals surface area contributed by atoms with E-state index < -0.39 is 21.0 Å². The number of non-ortho nitro benzene ring substituents is 1. The van der Waals surface area contributed by atoms with Crippen molar-refractivity contribution in [2.24, 2.45) is 0 Å². The number of benzene rings is 1. The molecule has 1 aromatic carbocycles. The summed E-state index contributed by atoms with van der Waals surface area (Å²) >= 11 is 0. The molecule has 1 rings (SSSR count). The number of nitrogens with zero attached hydrogens (tertiary/aromatic N) is 1. The van der Waals surface area contributed by atoms with Gasteiger partial charge in [-0.3, -0.25) is 10.1 Å². The van der Waals surface area contributed by atoms with Crippen molar-refractivity contribution >= 4 is 15.7 Å². The van der Waals surface area contributed by atoms with E-state index in [4.69, 9.17) is 4.74 Å². The first-order chi connectivity index (χ1) is 9.31. The molecule has 8 heteroatoms. The molecule has 1 aromatic rings. The lowest BCUT2D eigenvalue weighted by molar-refractivity contribution is -0.385. The predicted octanol–water partition coefficient (Wildman–Crippen LogP) is 1.47. The minimum atomic E-state index is -3.81. The van der Waals surface area contributed by atoms with Crippen LogP contribution >= 0.6 is 0 Å². The van der Waals surface area contributed by atoms with Crippen LogP contribution in [0.2, 0.25) is 0 Å². The smallest absolute Gasteiger partial charge is 0.270 e. The van der Waals surface area contributed by atoms with Gasteiger partial charge in [0, 0.05) is 25.3 Å². The zero-order valence-electron chi connectivity index (χ0n) is 11.6. The van der Waals surface area contributed by atoms with Crippen LogP contribution in [-0.2, 0) is 21.2 Å². The van der Waals surface area contributed by atoms with E-state index in [0.29, 0.717) is 12.0 Å². The number of ether oxygens (including phenoxy) is 1. The van der Waals surface area contributed by atoms with Gasteiger partial charge in [0.25, 0.3) is 5.69 Å². The van der Waals surface area contributed by atoms with E-state index in [0.717, 1.165) is 6.07 Å². The monoisotopic (exact) mass is 302 g/mol. The molecule has 0 saturated heterocycles. The number of hydrogen-bond donors (Lipinski definition) is 1. The Morgan fingerprint density at radius 2 is 2.10 bits per heavy atom. The number of nitrogens with one attached hydrogen (secondary N) is 1. The van der Waals surface area contributed by atoms with E-state index in [1.54, 1.807) is 13.8 Å². The highest BCUT2D eigenvalue weighted by atomic mass is 32.2. The van der Waals surface area contributed by atoms with Gasteiger partial charge in [0.15, 0.2) is 0 Å². The summed E-state index contributed by atoms with van der Waals surface area (Å²) in [5.41, 5.74) is 0.287. The lowest BCUT2D eigenvalue weighted by Crippen LogP contribution is -2.36. The van der Waals surface area contributed by atoms with Crippen molar-refractivity contribution in [3.8, 4) is 0 Å². The normalized spacial score (nSPS) is 13.2. The maximum absolute atomic E-state index is 12.3. The van der Waals surface area contributed by atoms with E-state index >= 15 is 0 Å². The fraction of sp³-hybridized carbons (Fsp3) is 0.500. The molecular formula is C12H18N2O5S. The molecule has 0 fully saturated rings. The summed E-state index contributed by atoms with van der Waals surface area (Å²) in [6.45, 7) is 3.67. The Bertz CT molecular complexity index is 586. The van der Waals surface area contributed by atoms with E-state index in [2.05, 4.69) is 4.72 Å².